The molecule has 0 aliphatic rings. The summed E-state index contributed by atoms with van der Waals surface area (Å²) in [6.45, 7) is 4.59. The van der Waals surface area contributed by atoms with Crippen LogP contribution in [0.15, 0.2) is 0 Å². The first kappa shape index (κ1) is 5.62. The van der Waals surface area contributed by atoms with Gasteiger partial charge in [0, 0.05) is 0 Å². The van der Waals surface area contributed by atoms with E-state index >= 15 is 0 Å². The summed E-state index contributed by atoms with van der Waals surface area (Å²) >= 11 is 0.0972. The molecule has 0 aromatic carbocycles. The van der Waals surface area contributed by atoms with Gasteiger partial charge in [-0.25, -0.2) is 0 Å². The second-order valence-electron chi connectivity index (χ2n) is 1.35. The predicted molar refractivity (Wildman–Crippen MR) is 21.0 cm³/mol. The van der Waals surface area contributed by atoms with Gasteiger partial charge in [0.05, 0.1) is 0 Å². The van der Waals surface area contributed by atoms with Crippen molar-refractivity contribution in [2.75, 3.05) is 0 Å². The summed E-state index contributed by atoms with van der Waals surface area (Å²) in [5.41, 5.74) is 0. The topological polar surface area (TPSA) is 0 Å². The molecule has 0 aromatic rings. The zero-order chi connectivity index (χ0) is 4.12. The van der Waals surface area contributed by atoms with E-state index in [9.17, 15) is 0 Å². The molecule has 28 valence electrons. The molecule has 0 unspecified atom stereocenters. The third-order valence-electron chi connectivity index (χ3n) is 0.707. The quantitative estimate of drug-likeness (QED) is 0.553. The zero-order valence-electron chi connectivity index (χ0n) is 4.12. The van der Waals surface area contributed by atoms with Crippen molar-refractivity contribution in [2.24, 2.45) is 0 Å². The molecule has 0 bridgehead atoms. The Kier molecular flexibility index (Phi) is 5.20. The van der Waals surface area contributed by atoms with Gasteiger partial charge < -0.3 is 0 Å². The summed E-state index contributed by atoms with van der Waals surface area (Å²) in [7, 11) is 0. The van der Waals surface area contributed by atoms with Crippen LogP contribution < -0.4 is 0 Å². The third-order valence-corrected chi connectivity index (χ3v) is 3.67. The van der Waals surface area contributed by atoms with Crippen LogP contribution in [0.1, 0.15) is 13.8 Å². The summed E-state index contributed by atoms with van der Waals surface area (Å²) in [4.78, 5) is 0. The fraction of sp³-hybridized carbons (Fsp3) is 1.00. The van der Waals surface area contributed by atoms with Crippen molar-refractivity contribution in [3.8, 4) is 0 Å². The first-order chi connectivity index (χ1) is 2.41. The maximum atomic E-state index is 2.30. The van der Waals surface area contributed by atoms with Crippen molar-refractivity contribution in [3.63, 3.8) is 0 Å². The monoisotopic (exact) mass is 168 g/mol. The van der Waals surface area contributed by atoms with Gasteiger partial charge in [-0.15, -0.1) is 0 Å². The van der Waals surface area contributed by atoms with Crippen molar-refractivity contribution in [3.05, 3.63) is 0 Å². The van der Waals surface area contributed by atoms with Crippen LogP contribution in [0.3, 0.4) is 0 Å². The van der Waals surface area contributed by atoms with E-state index in [4.69, 9.17) is 0 Å². The van der Waals surface area contributed by atoms with Crippen LogP contribution in [0.25, 0.3) is 0 Å². The Hall–Kier alpha value is 0.623. The molecule has 0 saturated carbocycles. The van der Waals surface area contributed by atoms with E-state index in [2.05, 4.69) is 13.8 Å². The number of hydrogen-bond donors (Lipinski definition) is 0. The molecule has 0 radical (unpaired) electrons. The van der Waals surface area contributed by atoms with Crippen LogP contribution in [-0.4, -0.2) is 0 Å². The van der Waals surface area contributed by atoms with E-state index in [1.54, 1.807) is 0 Å². The second kappa shape index (κ2) is 4.62. The second-order valence-corrected chi connectivity index (χ2v) is 7.03. The van der Waals surface area contributed by atoms with E-state index in [0.29, 0.717) is 0 Å². The Balaban J connectivity index is 2.19. The van der Waals surface area contributed by atoms with Crippen molar-refractivity contribution in [2.45, 2.75) is 23.9 Å². The molecular weight excluding hydrogens is 158 g/mol. The van der Waals surface area contributed by atoms with Gasteiger partial charge in [0.1, 0.15) is 0 Å². The molecule has 0 heterocycles. The Morgan fingerprint density at radius 2 is 1.60 bits per heavy atom. The van der Waals surface area contributed by atoms with E-state index < -0.39 is 0 Å². The Labute approximate surface area is 41.6 Å². The molecule has 0 amide bonds. The van der Waals surface area contributed by atoms with Crippen molar-refractivity contribution in [1.29, 1.82) is 0 Å². The fourth-order valence-corrected chi connectivity index (χ4v) is 1.84. The Morgan fingerprint density at radius 1 is 1.20 bits per heavy atom. The van der Waals surface area contributed by atoms with Gasteiger partial charge in [-0.05, 0) is 0 Å². The third kappa shape index (κ3) is 4.62. The molecule has 0 saturated heterocycles. The molecule has 0 rings (SSSR count). The summed E-state index contributed by atoms with van der Waals surface area (Å²) < 4.78 is 0. The number of rotatable bonds is 2. The maximum absolute atomic E-state index is 2.30. The molecule has 0 spiro atoms. The Morgan fingerprint density at radius 3 is 1.60 bits per heavy atom. The van der Waals surface area contributed by atoms with Gasteiger partial charge >= 0.3 is 41.0 Å². The van der Waals surface area contributed by atoms with E-state index in [1.807, 2.05) is 0 Å². The van der Waals surface area contributed by atoms with Crippen molar-refractivity contribution < 1.29 is 17.1 Å². The summed E-state index contributed by atoms with van der Waals surface area (Å²) in [5.74, 6) is 0. The van der Waals surface area contributed by atoms with Crippen LogP contribution in [0.4, 0.5) is 0 Å². The van der Waals surface area contributed by atoms with Gasteiger partial charge in [0.25, 0.3) is 0 Å². The first-order valence-electron chi connectivity index (χ1n) is 2.41. The van der Waals surface area contributed by atoms with Crippen LogP contribution in [0, 0.1) is 0 Å². The molecule has 0 fully saturated rings. The minimum atomic E-state index is 0.0972. The normalized spacial score (nSPS) is 6.80. The molecule has 0 aromatic heterocycles. The standard InChI is InChI=1S/2C2H5.Zn/c2*1-2;/h2*1H2,2H3;/i;;1+45. The van der Waals surface area contributed by atoms with E-state index in [-0.39, 0.29) is 17.1 Å². The molecule has 0 aliphatic heterocycles. The SMILES string of the molecule is C[CH2][110Zn][CH2]C. The van der Waals surface area contributed by atoms with E-state index in [0.717, 1.165) is 0 Å². The van der Waals surface area contributed by atoms with Crippen molar-refractivity contribution >= 4 is 0 Å². The average molecular weight is 168 g/mol. The molecule has 0 atom stereocenters. The average Bonchev–Trinajstić information content (AvgIpc) is 1.41. The van der Waals surface area contributed by atoms with Crippen LogP contribution >= 0.6 is 0 Å². The van der Waals surface area contributed by atoms with Gasteiger partial charge in [0.15, 0.2) is 0 Å². The van der Waals surface area contributed by atoms with Crippen LogP contribution in [0.2, 0.25) is 10.0 Å². The van der Waals surface area contributed by atoms with Gasteiger partial charge in [-0.2, -0.15) is 0 Å². The van der Waals surface area contributed by atoms with Crippen molar-refractivity contribution in [1.82, 2.24) is 0 Å². The molecule has 0 aliphatic carbocycles. The van der Waals surface area contributed by atoms with Gasteiger partial charge in [-0.1, -0.05) is 0 Å². The minimum absolute atomic E-state index is 0.0972. The first-order valence-corrected chi connectivity index (χ1v) is 6.61. The van der Waals surface area contributed by atoms with Crippen LogP contribution in [0.5, 0.6) is 0 Å². The van der Waals surface area contributed by atoms with Gasteiger partial charge in [0.2, 0.25) is 0 Å². The molecular formula is C4H10Zn. The summed E-state index contributed by atoms with van der Waals surface area (Å²) in [5, 5.41) is 3.06. The van der Waals surface area contributed by atoms with Crippen LogP contribution in [-0.2, 0) is 17.1 Å². The summed E-state index contributed by atoms with van der Waals surface area (Å²) in [6, 6.07) is 0. The molecule has 0 N–H and O–H groups in total. The van der Waals surface area contributed by atoms with E-state index in [1.165, 1.54) is 10.0 Å². The molecule has 5 heavy (non-hydrogen) atoms. The number of hydrogen-bond acceptors (Lipinski definition) is 0. The zero-order valence-corrected chi connectivity index (χ0v) is 7.09. The molecule has 1 heteroatoms. The fourth-order valence-electron chi connectivity index (χ4n) is 0.354. The molecule has 0 nitrogen and oxygen atoms in total. The van der Waals surface area contributed by atoms with Gasteiger partial charge in [-0.3, -0.25) is 0 Å². The Bertz CT molecular complexity index is 11.1. The summed E-state index contributed by atoms with van der Waals surface area (Å²) in [6.07, 6.45) is 0. The predicted octanol–water partition coefficient (Wildman–Crippen LogP) is 1.95.